The Morgan fingerprint density at radius 2 is 0.980 bits per heavy atom. The fraction of sp³-hybridized carbons (Fsp3) is 0.136. The quantitative estimate of drug-likeness (QED) is 0.125. The largest absolute Gasteiger partial charge is 0.489 e. The van der Waals surface area contributed by atoms with Crippen molar-refractivity contribution in [3.8, 4) is 23.0 Å². The monoisotopic (exact) mass is 646 g/mol. The number of ether oxygens (including phenoxy) is 5. The third-order valence-corrected chi connectivity index (χ3v) is 8.39. The topological polar surface area (TPSA) is 46.2 Å². The van der Waals surface area contributed by atoms with Gasteiger partial charge in [-0.05, 0) is 59.0 Å². The van der Waals surface area contributed by atoms with E-state index in [-0.39, 0.29) is 0 Å². The fourth-order valence-electron chi connectivity index (χ4n) is 5.74. The Labute approximate surface area is 288 Å². The summed E-state index contributed by atoms with van der Waals surface area (Å²) in [6.07, 6.45) is 0.578. The van der Waals surface area contributed by atoms with Crippen LogP contribution in [-0.2, 0) is 37.6 Å². The van der Waals surface area contributed by atoms with Gasteiger partial charge < -0.3 is 23.7 Å². The van der Waals surface area contributed by atoms with Crippen molar-refractivity contribution in [2.75, 3.05) is 0 Å². The average Bonchev–Trinajstić information content (AvgIpc) is 3.16. The zero-order chi connectivity index (χ0) is 33.3. The van der Waals surface area contributed by atoms with E-state index in [0.29, 0.717) is 50.1 Å². The van der Waals surface area contributed by atoms with Crippen molar-refractivity contribution >= 4 is 5.76 Å². The molecule has 5 heteroatoms. The van der Waals surface area contributed by atoms with Crippen LogP contribution in [0.5, 0.6) is 23.0 Å². The van der Waals surface area contributed by atoms with Gasteiger partial charge in [0.1, 0.15) is 43.7 Å². The van der Waals surface area contributed by atoms with Gasteiger partial charge in [-0.25, -0.2) is 0 Å². The molecule has 0 unspecified atom stereocenters. The summed E-state index contributed by atoms with van der Waals surface area (Å²) in [5.41, 5.74) is 7.31. The third-order valence-electron chi connectivity index (χ3n) is 8.39. The van der Waals surface area contributed by atoms with Crippen LogP contribution < -0.4 is 18.9 Å². The molecule has 0 saturated carbocycles. The minimum Gasteiger partial charge on any atom is -0.489 e. The molecule has 0 radical (unpaired) electrons. The second-order valence-electron chi connectivity index (χ2n) is 12.0. The minimum atomic E-state index is 0.396. The smallest absolute Gasteiger partial charge is 0.172 e. The zero-order valence-electron chi connectivity index (χ0n) is 27.5. The SMILES string of the molecule is Cc1cc(OCc2ccccc2)cc2c1CC(OCc1ccccc1)=C(c1ccc(OCc3ccccc3)c(OCc3ccccc3)c1)O2. The average molecular weight is 647 g/mol. The van der Waals surface area contributed by atoms with Crippen LogP contribution in [0.2, 0.25) is 0 Å². The van der Waals surface area contributed by atoms with Crippen molar-refractivity contribution in [3.63, 3.8) is 0 Å². The Hall–Kier alpha value is -5.94. The molecular formula is C44H38O5. The summed E-state index contributed by atoms with van der Waals surface area (Å²) in [5, 5.41) is 0. The van der Waals surface area contributed by atoms with E-state index in [1.807, 2.05) is 121 Å². The normalized spacial score (nSPS) is 12.1. The summed E-state index contributed by atoms with van der Waals surface area (Å²) in [7, 11) is 0. The molecule has 1 heterocycles. The summed E-state index contributed by atoms with van der Waals surface area (Å²) >= 11 is 0. The molecule has 6 aromatic carbocycles. The molecule has 0 amide bonds. The Kier molecular flexibility index (Phi) is 9.89. The number of allylic oxidation sites excluding steroid dienone is 1. The lowest BCUT2D eigenvalue weighted by molar-refractivity contribution is 0.184. The first-order chi connectivity index (χ1) is 24.2. The van der Waals surface area contributed by atoms with Crippen molar-refractivity contribution in [3.05, 3.63) is 196 Å². The van der Waals surface area contributed by atoms with Gasteiger partial charge in [0.2, 0.25) is 0 Å². The van der Waals surface area contributed by atoms with Crippen molar-refractivity contribution < 1.29 is 23.7 Å². The van der Waals surface area contributed by atoms with E-state index in [1.54, 1.807) is 0 Å². The van der Waals surface area contributed by atoms with Crippen molar-refractivity contribution in [1.29, 1.82) is 0 Å². The van der Waals surface area contributed by atoms with E-state index in [4.69, 9.17) is 23.7 Å². The lowest BCUT2D eigenvalue weighted by atomic mass is 9.98. The Bertz CT molecular complexity index is 2010. The van der Waals surface area contributed by atoms with Gasteiger partial charge in [0.15, 0.2) is 17.3 Å². The van der Waals surface area contributed by atoms with Crippen LogP contribution in [0.4, 0.5) is 0 Å². The molecule has 0 aromatic heterocycles. The molecule has 0 saturated heterocycles. The van der Waals surface area contributed by atoms with Gasteiger partial charge in [0.05, 0.1) is 0 Å². The maximum Gasteiger partial charge on any atom is 0.172 e. The molecule has 0 fully saturated rings. The number of benzene rings is 6. The summed E-state index contributed by atoms with van der Waals surface area (Å²) in [6.45, 7) is 3.80. The first-order valence-corrected chi connectivity index (χ1v) is 16.5. The van der Waals surface area contributed by atoms with Gasteiger partial charge in [0, 0.05) is 23.6 Å². The van der Waals surface area contributed by atoms with E-state index in [2.05, 4.69) is 37.3 Å². The molecule has 244 valence electrons. The first-order valence-electron chi connectivity index (χ1n) is 16.5. The molecule has 49 heavy (non-hydrogen) atoms. The van der Waals surface area contributed by atoms with Crippen LogP contribution in [0, 0.1) is 6.92 Å². The van der Waals surface area contributed by atoms with Crippen LogP contribution in [0.15, 0.2) is 157 Å². The summed E-state index contributed by atoms with van der Waals surface area (Å²) < 4.78 is 32.3. The lowest BCUT2D eigenvalue weighted by Crippen LogP contribution is -2.14. The summed E-state index contributed by atoms with van der Waals surface area (Å²) in [5.74, 6) is 4.18. The van der Waals surface area contributed by atoms with E-state index < -0.39 is 0 Å². The van der Waals surface area contributed by atoms with Crippen LogP contribution in [-0.4, -0.2) is 0 Å². The highest BCUT2D eigenvalue weighted by atomic mass is 16.5. The first kappa shape index (κ1) is 31.6. The molecule has 0 spiro atoms. The van der Waals surface area contributed by atoms with Gasteiger partial charge in [-0.15, -0.1) is 0 Å². The van der Waals surface area contributed by atoms with Crippen molar-refractivity contribution in [1.82, 2.24) is 0 Å². The molecule has 0 atom stereocenters. The predicted octanol–water partition coefficient (Wildman–Crippen LogP) is 10.3. The van der Waals surface area contributed by atoms with E-state index in [1.165, 1.54) is 0 Å². The molecule has 0 bridgehead atoms. The number of fused-ring (bicyclic) bond motifs is 1. The van der Waals surface area contributed by atoms with Crippen LogP contribution >= 0.6 is 0 Å². The lowest BCUT2D eigenvalue weighted by Gasteiger charge is -2.26. The second kappa shape index (κ2) is 15.3. The van der Waals surface area contributed by atoms with Crippen LogP contribution in [0.3, 0.4) is 0 Å². The Morgan fingerprint density at radius 1 is 0.490 bits per heavy atom. The predicted molar refractivity (Wildman–Crippen MR) is 192 cm³/mol. The number of hydrogen-bond donors (Lipinski definition) is 0. The minimum absolute atomic E-state index is 0.396. The van der Waals surface area contributed by atoms with Crippen molar-refractivity contribution in [2.24, 2.45) is 0 Å². The number of hydrogen-bond acceptors (Lipinski definition) is 5. The Morgan fingerprint density at radius 3 is 1.53 bits per heavy atom. The van der Waals surface area contributed by atoms with Gasteiger partial charge in [-0.2, -0.15) is 0 Å². The molecule has 5 nitrogen and oxygen atoms in total. The zero-order valence-corrected chi connectivity index (χ0v) is 27.5. The van der Waals surface area contributed by atoms with Crippen LogP contribution in [0.25, 0.3) is 5.76 Å². The number of rotatable bonds is 13. The maximum atomic E-state index is 6.76. The Balaban J connectivity index is 1.21. The maximum absolute atomic E-state index is 6.76. The molecule has 1 aliphatic heterocycles. The third kappa shape index (κ3) is 8.14. The summed E-state index contributed by atoms with van der Waals surface area (Å²) in [4.78, 5) is 0. The highest BCUT2D eigenvalue weighted by Gasteiger charge is 2.26. The van der Waals surface area contributed by atoms with Gasteiger partial charge in [-0.1, -0.05) is 121 Å². The highest BCUT2D eigenvalue weighted by Crippen LogP contribution is 2.42. The van der Waals surface area contributed by atoms with E-state index in [9.17, 15) is 0 Å². The molecule has 6 aromatic rings. The van der Waals surface area contributed by atoms with Crippen LogP contribution in [0.1, 0.15) is 38.9 Å². The molecule has 7 rings (SSSR count). The summed E-state index contributed by atoms with van der Waals surface area (Å²) in [6, 6.07) is 50.6. The molecule has 1 aliphatic rings. The van der Waals surface area contributed by atoms with Gasteiger partial charge >= 0.3 is 0 Å². The standard InChI is InChI=1S/C44H38O5/c1-32-24-38(45-28-33-14-6-2-7-15-33)26-41-39(32)27-43(48-31-36-20-12-5-13-21-36)44(49-41)37-22-23-40(46-29-34-16-8-3-9-17-34)42(25-37)47-30-35-18-10-4-11-19-35/h2-26H,27-31H2,1H3. The fourth-order valence-corrected chi connectivity index (χ4v) is 5.74. The van der Waals surface area contributed by atoms with Gasteiger partial charge in [0.25, 0.3) is 0 Å². The highest BCUT2D eigenvalue weighted by molar-refractivity contribution is 5.70. The molecular weight excluding hydrogens is 608 g/mol. The van der Waals surface area contributed by atoms with Crippen molar-refractivity contribution in [2.45, 2.75) is 39.8 Å². The van der Waals surface area contributed by atoms with Gasteiger partial charge in [-0.3, -0.25) is 0 Å². The molecule has 0 aliphatic carbocycles. The number of aryl methyl sites for hydroxylation is 1. The van der Waals surface area contributed by atoms with E-state index >= 15 is 0 Å². The van der Waals surface area contributed by atoms with E-state index in [0.717, 1.165) is 56.2 Å². The molecule has 0 N–H and O–H groups in total. The second-order valence-corrected chi connectivity index (χ2v) is 12.0.